The summed E-state index contributed by atoms with van der Waals surface area (Å²) in [5, 5.41) is 14.1. The summed E-state index contributed by atoms with van der Waals surface area (Å²) >= 11 is 0. The summed E-state index contributed by atoms with van der Waals surface area (Å²) in [4.78, 5) is 10.5. The zero-order chi connectivity index (χ0) is 19.4. The Labute approximate surface area is 155 Å². The van der Waals surface area contributed by atoms with Crippen LogP contribution in [-0.4, -0.2) is 47.6 Å². The monoisotopic (exact) mass is 359 g/mol. The maximum absolute atomic E-state index is 9.81. The second-order valence-electron chi connectivity index (χ2n) is 8.03. The topological polar surface area (TPSA) is 82.9 Å². The van der Waals surface area contributed by atoms with E-state index in [1.807, 2.05) is 19.0 Å². The first-order valence-electron chi connectivity index (χ1n) is 8.63. The number of hydrazone groups is 1. The Morgan fingerprint density at radius 3 is 2.73 bits per heavy atom. The summed E-state index contributed by atoms with van der Waals surface area (Å²) < 4.78 is 5.51. The lowest BCUT2D eigenvalue weighted by molar-refractivity contribution is 0.0251. The SMILES string of the molecule is CN(C)c1cc(N/N=C/C2=CC=CC(C)(C)C2)nc(OCC(C)(C)O)n1. The normalized spacial score (nSPS) is 16.5. The van der Waals surface area contributed by atoms with Gasteiger partial charge in [0.2, 0.25) is 0 Å². The Morgan fingerprint density at radius 1 is 1.38 bits per heavy atom. The van der Waals surface area contributed by atoms with Gasteiger partial charge in [0.25, 0.3) is 0 Å². The molecule has 0 amide bonds. The third kappa shape index (κ3) is 6.48. The molecule has 0 saturated carbocycles. The first-order chi connectivity index (χ1) is 12.0. The Kier molecular flexibility index (Phi) is 6.02. The van der Waals surface area contributed by atoms with Crippen molar-refractivity contribution in [3.8, 4) is 6.01 Å². The zero-order valence-electron chi connectivity index (χ0n) is 16.4. The van der Waals surface area contributed by atoms with Gasteiger partial charge >= 0.3 is 6.01 Å². The summed E-state index contributed by atoms with van der Waals surface area (Å²) in [5.41, 5.74) is 3.26. The number of hydrogen-bond acceptors (Lipinski definition) is 7. The lowest BCUT2D eigenvalue weighted by Gasteiger charge is -2.23. The van der Waals surface area contributed by atoms with Crippen molar-refractivity contribution in [3.05, 3.63) is 29.9 Å². The van der Waals surface area contributed by atoms with E-state index in [1.165, 1.54) is 0 Å². The summed E-state index contributed by atoms with van der Waals surface area (Å²) in [7, 11) is 3.77. The lowest BCUT2D eigenvalue weighted by atomic mass is 9.82. The molecule has 1 heterocycles. The smallest absolute Gasteiger partial charge is 0.320 e. The number of nitrogens with one attached hydrogen (secondary N) is 1. The highest BCUT2D eigenvalue weighted by molar-refractivity contribution is 5.80. The first-order valence-corrected chi connectivity index (χ1v) is 8.63. The van der Waals surface area contributed by atoms with E-state index in [-0.39, 0.29) is 18.0 Å². The standard InChI is InChI=1S/C19H29N5O2/c1-18(2)9-7-8-14(11-18)12-20-23-15-10-16(24(5)6)22-17(21-15)26-13-19(3,4)25/h7-10,12,25H,11,13H2,1-6H3,(H,21,22,23)/b20-12+. The van der Waals surface area contributed by atoms with Crippen LogP contribution in [0, 0.1) is 5.41 Å². The molecule has 1 aliphatic carbocycles. The molecule has 0 atom stereocenters. The van der Waals surface area contributed by atoms with Gasteiger partial charge in [0, 0.05) is 20.2 Å². The van der Waals surface area contributed by atoms with Gasteiger partial charge in [0.05, 0.1) is 11.8 Å². The van der Waals surface area contributed by atoms with E-state index in [1.54, 1.807) is 26.1 Å². The van der Waals surface area contributed by atoms with Crippen LogP contribution in [-0.2, 0) is 0 Å². The summed E-state index contributed by atoms with van der Waals surface area (Å²) in [6, 6.07) is 1.98. The fourth-order valence-corrected chi connectivity index (χ4v) is 2.35. The van der Waals surface area contributed by atoms with Gasteiger partial charge in [-0.1, -0.05) is 32.1 Å². The molecule has 0 bridgehead atoms. The average molecular weight is 359 g/mol. The lowest BCUT2D eigenvalue weighted by Crippen LogP contribution is -2.28. The highest BCUT2D eigenvalue weighted by Crippen LogP contribution is 2.29. The molecule has 1 aliphatic rings. The largest absolute Gasteiger partial charge is 0.460 e. The number of ether oxygens (including phenoxy) is 1. The minimum atomic E-state index is -0.961. The van der Waals surface area contributed by atoms with E-state index in [2.05, 4.69) is 52.6 Å². The maximum atomic E-state index is 9.81. The molecule has 0 fully saturated rings. The van der Waals surface area contributed by atoms with Crippen molar-refractivity contribution >= 4 is 17.9 Å². The number of allylic oxidation sites excluding steroid dienone is 4. The molecule has 0 saturated heterocycles. The minimum Gasteiger partial charge on any atom is -0.460 e. The van der Waals surface area contributed by atoms with Crippen LogP contribution in [0.5, 0.6) is 6.01 Å². The molecule has 7 nitrogen and oxygen atoms in total. The Balaban J connectivity index is 2.10. The molecule has 142 valence electrons. The molecule has 0 unspecified atom stereocenters. The van der Waals surface area contributed by atoms with Gasteiger partial charge in [0.15, 0.2) is 5.82 Å². The van der Waals surface area contributed by atoms with Gasteiger partial charge in [0.1, 0.15) is 12.4 Å². The van der Waals surface area contributed by atoms with E-state index >= 15 is 0 Å². The van der Waals surface area contributed by atoms with E-state index < -0.39 is 5.60 Å². The van der Waals surface area contributed by atoms with Crippen molar-refractivity contribution in [2.75, 3.05) is 31.0 Å². The molecule has 0 radical (unpaired) electrons. The second kappa shape index (κ2) is 7.86. The molecule has 0 spiro atoms. The van der Waals surface area contributed by atoms with Crippen LogP contribution in [0.3, 0.4) is 0 Å². The van der Waals surface area contributed by atoms with Crippen molar-refractivity contribution in [2.45, 2.75) is 39.7 Å². The molecule has 7 heteroatoms. The zero-order valence-corrected chi connectivity index (χ0v) is 16.4. The van der Waals surface area contributed by atoms with Crippen molar-refractivity contribution in [1.29, 1.82) is 0 Å². The number of hydrogen-bond donors (Lipinski definition) is 2. The van der Waals surface area contributed by atoms with Gasteiger partial charge in [-0.15, -0.1) is 0 Å². The van der Waals surface area contributed by atoms with Crippen LogP contribution in [0.15, 0.2) is 35.0 Å². The Morgan fingerprint density at radius 2 is 2.12 bits per heavy atom. The molecular weight excluding hydrogens is 330 g/mol. The number of aliphatic hydroxyl groups is 1. The van der Waals surface area contributed by atoms with Gasteiger partial charge in [-0.2, -0.15) is 15.1 Å². The van der Waals surface area contributed by atoms with Crippen molar-refractivity contribution in [2.24, 2.45) is 10.5 Å². The molecule has 0 aliphatic heterocycles. The first kappa shape index (κ1) is 19.9. The Hall–Kier alpha value is -2.41. The quantitative estimate of drug-likeness (QED) is 0.575. The van der Waals surface area contributed by atoms with Crippen molar-refractivity contribution < 1.29 is 9.84 Å². The van der Waals surface area contributed by atoms with Gasteiger partial charge < -0.3 is 14.7 Å². The van der Waals surface area contributed by atoms with E-state index in [9.17, 15) is 5.11 Å². The third-order valence-electron chi connectivity index (χ3n) is 3.63. The second-order valence-corrected chi connectivity index (χ2v) is 8.03. The van der Waals surface area contributed by atoms with Gasteiger partial charge in [-0.05, 0) is 31.3 Å². The third-order valence-corrected chi connectivity index (χ3v) is 3.63. The van der Waals surface area contributed by atoms with Crippen molar-refractivity contribution in [3.63, 3.8) is 0 Å². The predicted octanol–water partition coefficient (Wildman–Crippen LogP) is 3.00. The van der Waals surface area contributed by atoms with E-state index in [0.717, 1.165) is 12.0 Å². The highest BCUT2D eigenvalue weighted by atomic mass is 16.5. The molecular formula is C19H29N5O2. The summed E-state index contributed by atoms with van der Waals surface area (Å²) in [5.74, 6) is 1.21. The van der Waals surface area contributed by atoms with Crippen LogP contribution in [0.4, 0.5) is 11.6 Å². The summed E-state index contributed by atoms with van der Waals surface area (Å²) in [6.07, 6.45) is 9.04. The number of rotatable bonds is 7. The van der Waals surface area contributed by atoms with Crippen LogP contribution in [0.25, 0.3) is 0 Å². The number of aromatic nitrogens is 2. The molecule has 1 aromatic heterocycles. The fourth-order valence-electron chi connectivity index (χ4n) is 2.35. The predicted molar refractivity (Wildman–Crippen MR) is 106 cm³/mol. The number of anilines is 2. The minimum absolute atomic E-state index is 0.0981. The molecule has 1 aromatic rings. The number of nitrogens with zero attached hydrogens (tertiary/aromatic N) is 4. The summed E-state index contributed by atoms with van der Waals surface area (Å²) in [6.45, 7) is 7.82. The van der Waals surface area contributed by atoms with Gasteiger partial charge in [-0.25, -0.2) is 0 Å². The van der Waals surface area contributed by atoms with Crippen LogP contribution >= 0.6 is 0 Å². The molecule has 0 aromatic carbocycles. The van der Waals surface area contributed by atoms with Gasteiger partial charge in [-0.3, -0.25) is 5.43 Å². The average Bonchev–Trinajstić information content (AvgIpc) is 2.51. The maximum Gasteiger partial charge on any atom is 0.320 e. The Bertz CT molecular complexity index is 715. The van der Waals surface area contributed by atoms with Crippen molar-refractivity contribution in [1.82, 2.24) is 9.97 Å². The molecule has 2 rings (SSSR count). The molecule has 26 heavy (non-hydrogen) atoms. The molecule has 2 N–H and O–H groups in total. The van der Waals surface area contributed by atoms with E-state index in [0.29, 0.717) is 11.6 Å². The van der Waals surface area contributed by atoms with Crippen LogP contribution in [0.1, 0.15) is 34.1 Å². The van der Waals surface area contributed by atoms with Crippen LogP contribution < -0.4 is 15.1 Å². The fraction of sp³-hybridized carbons (Fsp3) is 0.526. The van der Waals surface area contributed by atoms with E-state index in [4.69, 9.17) is 4.74 Å². The highest BCUT2D eigenvalue weighted by Gasteiger charge is 2.18. The van der Waals surface area contributed by atoms with Crippen LogP contribution in [0.2, 0.25) is 0 Å².